The summed E-state index contributed by atoms with van der Waals surface area (Å²) in [6, 6.07) is 0. The molecule has 0 spiro atoms. The van der Waals surface area contributed by atoms with E-state index in [1.165, 1.54) is 0 Å². The summed E-state index contributed by atoms with van der Waals surface area (Å²) in [6.07, 6.45) is 1.60. The monoisotopic (exact) mass is 116 g/mol. The van der Waals surface area contributed by atoms with Crippen LogP contribution < -0.4 is 5.73 Å². The van der Waals surface area contributed by atoms with Gasteiger partial charge in [-0.3, -0.25) is 0 Å². The standard InChI is InChI=1S/C6H14NO/c1-3-5-6(7)8-4-2/h6-7H,3-5H2,1-2H3. The largest absolute Gasteiger partial charge is 0.362 e. The number of nitrogens with one attached hydrogen (secondary N) is 1. The Hall–Kier alpha value is -0.0800. The Morgan fingerprint density at radius 1 is 1.50 bits per heavy atom. The van der Waals surface area contributed by atoms with Gasteiger partial charge in [0.25, 0.3) is 0 Å². The van der Waals surface area contributed by atoms with E-state index in [9.17, 15) is 0 Å². The van der Waals surface area contributed by atoms with Crippen LogP contribution in [0.3, 0.4) is 0 Å². The van der Waals surface area contributed by atoms with Gasteiger partial charge in [0.2, 0.25) is 0 Å². The van der Waals surface area contributed by atoms with Crippen LogP contribution >= 0.6 is 0 Å². The molecule has 0 aromatic carbocycles. The van der Waals surface area contributed by atoms with Crippen molar-refractivity contribution < 1.29 is 4.74 Å². The van der Waals surface area contributed by atoms with Crippen LogP contribution in [0.5, 0.6) is 0 Å². The second-order valence-electron chi connectivity index (χ2n) is 1.73. The number of hydrogen-bond donors (Lipinski definition) is 0. The molecule has 0 saturated heterocycles. The topological polar surface area (TPSA) is 33.0 Å². The van der Waals surface area contributed by atoms with E-state index >= 15 is 0 Å². The summed E-state index contributed by atoms with van der Waals surface area (Å²) >= 11 is 0. The van der Waals surface area contributed by atoms with Crippen LogP contribution in [0.15, 0.2) is 0 Å². The highest BCUT2D eigenvalue weighted by atomic mass is 16.5. The van der Waals surface area contributed by atoms with Gasteiger partial charge in [-0.2, -0.15) is 0 Å². The van der Waals surface area contributed by atoms with Crippen LogP contribution in [0.1, 0.15) is 26.7 Å². The van der Waals surface area contributed by atoms with E-state index in [0.29, 0.717) is 6.61 Å². The lowest BCUT2D eigenvalue weighted by atomic mass is 10.3. The summed E-state index contributed by atoms with van der Waals surface area (Å²) in [7, 11) is 0. The molecule has 0 saturated carbocycles. The van der Waals surface area contributed by atoms with Crippen molar-refractivity contribution in [3.05, 3.63) is 0 Å². The van der Waals surface area contributed by atoms with Crippen molar-refractivity contribution in [2.24, 2.45) is 0 Å². The van der Waals surface area contributed by atoms with Gasteiger partial charge in [0.15, 0.2) is 0 Å². The highest BCUT2D eigenvalue weighted by Crippen LogP contribution is 1.95. The molecule has 2 nitrogen and oxygen atoms in total. The quantitative estimate of drug-likeness (QED) is 0.547. The third kappa shape index (κ3) is 4.09. The molecule has 0 aliphatic heterocycles. The molecule has 0 aromatic heterocycles. The Labute approximate surface area is 51.0 Å². The van der Waals surface area contributed by atoms with Gasteiger partial charge in [0, 0.05) is 6.61 Å². The molecule has 0 bridgehead atoms. The fourth-order valence-corrected chi connectivity index (χ4v) is 0.547. The summed E-state index contributed by atoms with van der Waals surface area (Å²) in [6.45, 7) is 4.63. The van der Waals surface area contributed by atoms with E-state index in [2.05, 4.69) is 6.92 Å². The molecule has 0 aliphatic rings. The van der Waals surface area contributed by atoms with Gasteiger partial charge in [-0.05, 0) is 13.3 Å². The highest BCUT2D eigenvalue weighted by molar-refractivity contribution is 4.42. The summed E-state index contributed by atoms with van der Waals surface area (Å²) in [5.41, 5.74) is 7.15. The smallest absolute Gasteiger partial charge is 0.120 e. The minimum Gasteiger partial charge on any atom is -0.362 e. The van der Waals surface area contributed by atoms with Gasteiger partial charge >= 0.3 is 0 Å². The summed E-state index contributed by atoms with van der Waals surface area (Å²) in [5.74, 6) is 0. The summed E-state index contributed by atoms with van der Waals surface area (Å²) in [4.78, 5) is 0. The van der Waals surface area contributed by atoms with E-state index in [4.69, 9.17) is 10.5 Å². The van der Waals surface area contributed by atoms with Crippen molar-refractivity contribution in [1.29, 1.82) is 0 Å². The molecule has 0 rings (SSSR count). The third-order valence-electron chi connectivity index (χ3n) is 0.919. The molecule has 0 aromatic rings. The van der Waals surface area contributed by atoms with Gasteiger partial charge in [0.1, 0.15) is 6.23 Å². The first kappa shape index (κ1) is 7.92. The Kier molecular flexibility index (Phi) is 5.01. The highest BCUT2D eigenvalue weighted by Gasteiger charge is 1.96. The number of ether oxygens (including phenoxy) is 1. The zero-order valence-electron chi connectivity index (χ0n) is 5.61. The van der Waals surface area contributed by atoms with E-state index in [-0.39, 0.29) is 6.23 Å². The van der Waals surface area contributed by atoms with Crippen LogP contribution in [0.4, 0.5) is 0 Å². The van der Waals surface area contributed by atoms with Crippen molar-refractivity contribution in [3.63, 3.8) is 0 Å². The molecule has 0 amide bonds. The van der Waals surface area contributed by atoms with Crippen LogP contribution in [0, 0.1) is 0 Å². The van der Waals surface area contributed by atoms with E-state index in [1.807, 2.05) is 6.92 Å². The number of hydrogen-bond acceptors (Lipinski definition) is 1. The zero-order valence-corrected chi connectivity index (χ0v) is 5.61. The SMILES string of the molecule is CCCC([NH])OCC. The molecule has 8 heavy (non-hydrogen) atoms. The maximum Gasteiger partial charge on any atom is 0.120 e. The van der Waals surface area contributed by atoms with E-state index in [1.54, 1.807) is 0 Å². The molecule has 1 N–H and O–H groups in total. The molecule has 0 heterocycles. The Morgan fingerprint density at radius 2 is 2.12 bits per heavy atom. The fraction of sp³-hybridized carbons (Fsp3) is 1.00. The molecule has 0 aliphatic carbocycles. The van der Waals surface area contributed by atoms with Gasteiger partial charge in [0.05, 0.1) is 0 Å². The second kappa shape index (κ2) is 5.06. The third-order valence-corrected chi connectivity index (χ3v) is 0.919. The van der Waals surface area contributed by atoms with Crippen LogP contribution in [0.2, 0.25) is 0 Å². The molecule has 49 valence electrons. The molecule has 2 heteroatoms. The second-order valence-corrected chi connectivity index (χ2v) is 1.73. The molecular weight excluding hydrogens is 102 g/mol. The number of rotatable bonds is 4. The maximum atomic E-state index is 7.15. The van der Waals surface area contributed by atoms with Crippen molar-refractivity contribution in [1.82, 2.24) is 5.73 Å². The lowest BCUT2D eigenvalue weighted by Crippen LogP contribution is -2.12. The Morgan fingerprint density at radius 3 is 2.50 bits per heavy atom. The van der Waals surface area contributed by atoms with Gasteiger partial charge in [-0.15, -0.1) is 0 Å². The van der Waals surface area contributed by atoms with Crippen LogP contribution in [-0.4, -0.2) is 12.8 Å². The summed E-state index contributed by atoms with van der Waals surface area (Å²) in [5, 5.41) is 0. The Bertz CT molecular complexity index is 41.8. The predicted molar refractivity (Wildman–Crippen MR) is 33.4 cm³/mol. The average molecular weight is 116 g/mol. The van der Waals surface area contributed by atoms with Gasteiger partial charge < -0.3 is 4.74 Å². The van der Waals surface area contributed by atoms with Gasteiger partial charge in [-0.25, -0.2) is 5.73 Å². The van der Waals surface area contributed by atoms with Crippen molar-refractivity contribution >= 4 is 0 Å². The van der Waals surface area contributed by atoms with E-state index in [0.717, 1.165) is 12.8 Å². The lowest BCUT2D eigenvalue weighted by molar-refractivity contribution is 0.0556. The molecular formula is C6H14NO. The minimum atomic E-state index is -0.287. The lowest BCUT2D eigenvalue weighted by Gasteiger charge is -2.06. The van der Waals surface area contributed by atoms with Crippen molar-refractivity contribution in [2.45, 2.75) is 32.9 Å². The normalized spacial score (nSPS) is 13.9. The molecule has 1 unspecified atom stereocenters. The zero-order chi connectivity index (χ0) is 6.41. The predicted octanol–water partition coefficient (Wildman–Crippen LogP) is 1.43. The van der Waals surface area contributed by atoms with Crippen molar-refractivity contribution in [2.75, 3.05) is 6.61 Å². The minimum absolute atomic E-state index is 0.287. The molecule has 0 fully saturated rings. The first-order chi connectivity index (χ1) is 3.81. The van der Waals surface area contributed by atoms with Crippen molar-refractivity contribution in [3.8, 4) is 0 Å². The Balaban J connectivity index is 2.92. The van der Waals surface area contributed by atoms with E-state index < -0.39 is 0 Å². The molecule has 1 atom stereocenters. The van der Waals surface area contributed by atoms with Gasteiger partial charge in [-0.1, -0.05) is 13.3 Å². The average Bonchev–Trinajstić information content (AvgIpc) is 1.68. The fourth-order valence-electron chi connectivity index (χ4n) is 0.547. The first-order valence-electron chi connectivity index (χ1n) is 3.14. The maximum absolute atomic E-state index is 7.15. The molecule has 1 radical (unpaired) electrons. The summed E-state index contributed by atoms with van der Waals surface area (Å²) < 4.78 is 4.95. The van der Waals surface area contributed by atoms with Crippen LogP contribution in [-0.2, 0) is 4.74 Å². The van der Waals surface area contributed by atoms with Crippen LogP contribution in [0.25, 0.3) is 0 Å². The first-order valence-corrected chi connectivity index (χ1v) is 3.14.